The summed E-state index contributed by atoms with van der Waals surface area (Å²) in [6, 6.07) is 23.1. The number of amides is 1. The first-order valence-corrected chi connectivity index (χ1v) is 12.7. The highest BCUT2D eigenvalue weighted by atomic mass is 32.2. The summed E-state index contributed by atoms with van der Waals surface area (Å²) >= 11 is 1.63. The Kier molecular flexibility index (Phi) is 6.20. The number of imidazole rings is 1. The van der Waals surface area contributed by atoms with Crippen molar-refractivity contribution in [2.45, 2.75) is 25.3 Å². The molecule has 0 aliphatic heterocycles. The Labute approximate surface area is 212 Å². The molecule has 5 rings (SSSR count). The summed E-state index contributed by atoms with van der Waals surface area (Å²) in [6.45, 7) is 4.26. The predicted molar refractivity (Wildman–Crippen MR) is 144 cm³/mol. The zero-order chi connectivity index (χ0) is 25.4. The van der Waals surface area contributed by atoms with E-state index in [2.05, 4.69) is 4.98 Å². The van der Waals surface area contributed by atoms with E-state index >= 15 is 0 Å². The molecule has 0 bridgehead atoms. The molecular formula is C28H25N5O2S. The second-order valence-corrected chi connectivity index (χ2v) is 9.50. The van der Waals surface area contributed by atoms with E-state index in [-0.39, 0.29) is 17.9 Å². The van der Waals surface area contributed by atoms with Crippen molar-refractivity contribution >= 4 is 28.8 Å². The van der Waals surface area contributed by atoms with Crippen LogP contribution < -0.4 is 11.4 Å². The molecule has 3 aromatic carbocycles. The number of nitrogens with two attached hydrogens (primary N) is 1. The molecule has 0 aliphatic rings. The lowest BCUT2D eigenvalue weighted by Crippen LogP contribution is -2.24. The molecule has 180 valence electrons. The van der Waals surface area contributed by atoms with Crippen molar-refractivity contribution in [3.8, 4) is 17.1 Å². The van der Waals surface area contributed by atoms with Gasteiger partial charge in [-0.05, 0) is 61.1 Å². The molecule has 1 amide bonds. The molecule has 7 nitrogen and oxygen atoms in total. The highest BCUT2D eigenvalue weighted by Crippen LogP contribution is 2.26. The van der Waals surface area contributed by atoms with E-state index < -0.39 is 5.91 Å². The summed E-state index contributed by atoms with van der Waals surface area (Å²) in [5.41, 5.74) is 10.6. The normalized spacial score (nSPS) is 11.2. The van der Waals surface area contributed by atoms with E-state index in [4.69, 9.17) is 10.7 Å². The second kappa shape index (κ2) is 9.47. The van der Waals surface area contributed by atoms with Crippen molar-refractivity contribution in [2.75, 3.05) is 6.26 Å². The fourth-order valence-corrected chi connectivity index (χ4v) is 4.61. The maximum Gasteiger partial charge on any atom is 0.335 e. The van der Waals surface area contributed by atoms with Crippen LogP contribution in [0.15, 0.2) is 82.5 Å². The third kappa shape index (κ3) is 4.20. The van der Waals surface area contributed by atoms with Crippen LogP contribution in [0, 0.1) is 13.8 Å². The Balaban J connectivity index is 1.84. The number of rotatable bonds is 6. The van der Waals surface area contributed by atoms with Crippen LogP contribution in [0.2, 0.25) is 0 Å². The molecule has 0 saturated heterocycles. The SMILES string of the molecule is CSc1ccc(-c2nc(C(N)=O)c3c(n2)n(-c2ccc(C)c(C)c2)c(=O)n3Cc2ccccc2)cc1. The van der Waals surface area contributed by atoms with Crippen LogP contribution in [-0.2, 0) is 6.54 Å². The Hall–Kier alpha value is -4.17. The lowest BCUT2D eigenvalue weighted by molar-refractivity contribution is 0.0997. The van der Waals surface area contributed by atoms with Gasteiger partial charge in [0.25, 0.3) is 5.91 Å². The van der Waals surface area contributed by atoms with Gasteiger partial charge in [0.2, 0.25) is 0 Å². The molecule has 0 atom stereocenters. The highest BCUT2D eigenvalue weighted by Gasteiger charge is 2.24. The monoisotopic (exact) mass is 495 g/mol. The van der Waals surface area contributed by atoms with Gasteiger partial charge in [-0.15, -0.1) is 11.8 Å². The number of hydrogen-bond donors (Lipinski definition) is 1. The number of thioether (sulfide) groups is 1. The molecule has 0 unspecified atom stereocenters. The number of hydrogen-bond acceptors (Lipinski definition) is 5. The van der Waals surface area contributed by atoms with Gasteiger partial charge < -0.3 is 5.73 Å². The van der Waals surface area contributed by atoms with Crippen LogP contribution in [0.4, 0.5) is 0 Å². The molecule has 2 N–H and O–H groups in total. The summed E-state index contributed by atoms with van der Waals surface area (Å²) in [5, 5.41) is 0. The van der Waals surface area contributed by atoms with Crippen molar-refractivity contribution in [1.82, 2.24) is 19.1 Å². The molecule has 2 heterocycles. The zero-order valence-electron chi connectivity index (χ0n) is 20.2. The number of carbonyl (C=O) groups is 1. The minimum Gasteiger partial charge on any atom is -0.364 e. The molecule has 36 heavy (non-hydrogen) atoms. The number of carbonyl (C=O) groups excluding carboxylic acids is 1. The van der Waals surface area contributed by atoms with E-state index in [1.807, 2.05) is 92.9 Å². The van der Waals surface area contributed by atoms with Crippen molar-refractivity contribution in [2.24, 2.45) is 5.73 Å². The Morgan fingerprint density at radius 3 is 2.31 bits per heavy atom. The molecule has 0 radical (unpaired) electrons. The Bertz CT molecular complexity index is 1650. The first-order chi connectivity index (χ1) is 17.4. The van der Waals surface area contributed by atoms with Gasteiger partial charge in [-0.2, -0.15) is 0 Å². The number of aryl methyl sites for hydroxylation is 2. The van der Waals surface area contributed by atoms with Crippen LogP contribution in [0.5, 0.6) is 0 Å². The van der Waals surface area contributed by atoms with Gasteiger partial charge in [-0.1, -0.05) is 48.5 Å². The van der Waals surface area contributed by atoms with Crippen LogP contribution in [0.1, 0.15) is 27.2 Å². The number of aromatic nitrogens is 4. The van der Waals surface area contributed by atoms with Gasteiger partial charge in [0, 0.05) is 10.5 Å². The standard InChI is InChI=1S/C28H25N5O2S/c1-17-9-12-21(15-18(17)2)33-27-24(32(28(33)35)16-19-7-5-4-6-8-19)23(25(29)34)30-26(31-27)20-10-13-22(36-3)14-11-20/h4-15H,16H2,1-3H3,(H2,29,34). The Morgan fingerprint density at radius 1 is 0.944 bits per heavy atom. The lowest BCUT2D eigenvalue weighted by Gasteiger charge is -2.09. The molecule has 0 fully saturated rings. The molecule has 8 heteroatoms. The van der Waals surface area contributed by atoms with Crippen molar-refractivity contribution in [1.29, 1.82) is 0 Å². The van der Waals surface area contributed by atoms with Crippen molar-refractivity contribution in [3.05, 3.63) is 106 Å². The van der Waals surface area contributed by atoms with Gasteiger partial charge >= 0.3 is 5.69 Å². The summed E-state index contributed by atoms with van der Waals surface area (Å²) in [5.74, 6) is -0.387. The first kappa shape index (κ1) is 23.6. The quantitative estimate of drug-likeness (QED) is 0.344. The van der Waals surface area contributed by atoms with E-state index in [9.17, 15) is 9.59 Å². The van der Waals surface area contributed by atoms with E-state index in [1.165, 1.54) is 4.57 Å². The minimum absolute atomic E-state index is 0.0135. The summed E-state index contributed by atoms with van der Waals surface area (Å²) in [7, 11) is 0. The lowest BCUT2D eigenvalue weighted by atomic mass is 10.1. The average Bonchev–Trinajstić information content (AvgIpc) is 3.16. The van der Waals surface area contributed by atoms with Gasteiger partial charge in [0.1, 0.15) is 5.52 Å². The maximum absolute atomic E-state index is 13.9. The zero-order valence-corrected chi connectivity index (χ0v) is 21.0. The molecular weight excluding hydrogens is 470 g/mol. The van der Waals surface area contributed by atoms with Gasteiger partial charge in [0.05, 0.1) is 12.2 Å². The summed E-state index contributed by atoms with van der Waals surface area (Å²) < 4.78 is 3.07. The number of primary amides is 1. The van der Waals surface area contributed by atoms with Crippen molar-refractivity contribution < 1.29 is 4.79 Å². The number of nitrogens with zero attached hydrogens (tertiary/aromatic N) is 4. The van der Waals surface area contributed by atoms with Crippen molar-refractivity contribution in [3.63, 3.8) is 0 Å². The van der Waals surface area contributed by atoms with Crippen LogP contribution in [0.3, 0.4) is 0 Å². The van der Waals surface area contributed by atoms with Crippen LogP contribution in [-0.4, -0.2) is 31.3 Å². The third-order valence-electron chi connectivity index (χ3n) is 6.28. The minimum atomic E-state index is -0.719. The topological polar surface area (TPSA) is 95.8 Å². The van der Waals surface area contributed by atoms with E-state index in [0.29, 0.717) is 22.7 Å². The maximum atomic E-state index is 13.9. The smallest absolute Gasteiger partial charge is 0.335 e. The molecule has 0 spiro atoms. The average molecular weight is 496 g/mol. The molecule has 5 aromatic rings. The van der Waals surface area contributed by atoms with E-state index in [1.54, 1.807) is 16.3 Å². The number of benzene rings is 3. The van der Waals surface area contributed by atoms with Gasteiger partial charge in [0.15, 0.2) is 17.2 Å². The molecule has 0 saturated carbocycles. The fourth-order valence-electron chi connectivity index (χ4n) is 4.21. The molecule has 0 aliphatic carbocycles. The fraction of sp³-hybridized carbons (Fsp3) is 0.143. The van der Waals surface area contributed by atoms with Crippen LogP contribution >= 0.6 is 11.8 Å². The van der Waals surface area contributed by atoms with Crippen LogP contribution in [0.25, 0.3) is 28.2 Å². The Morgan fingerprint density at radius 2 is 1.67 bits per heavy atom. The first-order valence-electron chi connectivity index (χ1n) is 11.5. The second-order valence-electron chi connectivity index (χ2n) is 8.62. The highest BCUT2D eigenvalue weighted by molar-refractivity contribution is 7.98. The third-order valence-corrected chi connectivity index (χ3v) is 7.03. The van der Waals surface area contributed by atoms with Gasteiger partial charge in [-0.25, -0.2) is 19.3 Å². The predicted octanol–water partition coefficient (Wildman–Crippen LogP) is 4.74. The largest absolute Gasteiger partial charge is 0.364 e. The summed E-state index contributed by atoms with van der Waals surface area (Å²) in [4.78, 5) is 37.0. The van der Waals surface area contributed by atoms with Gasteiger partial charge in [-0.3, -0.25) is 9.36 Å². The van der Waals surface area contributed by atoms with E-state index in [0.717, 1.165) is 27.1 Å². The molecule has 2 aromatic heterocycles. The summed E-state index contributed by atoms with van der Waals surface area (Å²) in [6.07, 6.45) is 2.00. The number of fused-ring (bicyclic) bond motifs is 1.